The number of rotatable bonds is 3. The second-order valence-corrected chi connectivity index (χ2v) is 7.63. The molecule has 2 amide bonds. The molecule has 0 atom stereocenters. The summed E-state index contributed by atoms with van der Waals surface area (Å²) in [5, 5.41) is 2.86. The number of piperidine rings is 1. The van der Waals surface area contributed by atoms with Crippen LogP contribution in [0.25, 0.3) is 5.57 Å². The zero-order chi connectivity index (χ0) is 20.1. The molecule has 7 heteroatoms. The molecule has 28 heavy (non-hydrogen) atoms. The number of likely N-dealkylation sites (tertiary alicyclic amines) is 2. The second-order valence-electron chi connectivity index (χ2n) is 7.63. The molecule has 0 unspecified atom stereocenters. The molecular weight excluding hydrogens is 352 g/mol. The van der Waals surface area contributed by atoms with Gasteiger partial charge in [-0.1, -0.05) is 5.92 Å². The summed E-state index contributed by atoms with van der Waals surface area (Å²) < 4.78 is 0. The van der Waals surface area contributed by atoms with Gasteiger partial charge < -0.3 is 15.5 Å². The highest BCUT2D eigenvalue weighted by molar-refractivity contribution is 5.92. The first-order chi connectivity index (χ1) is 13.5. The number of hydrogen-bond acceptors (Lipinski definition) is 5. The molecule has 3 N–H and O–H groups in total. The molecule has 0 bridgehead atoms. The summed E-state index contributed by atoms with van der Waals surface area (Å²) in [5.41, 5.74) is 7.76. The first-order valence-corrected chi connectivity index (χ1v) is 9.62. The van der Waals surface area contributed by atoms with Crippen molar-refractivity contribution in [3.63, 3.8) is 0 Å². The van der Waals surface area contributed by atoms with Gasteiger partial charge in [0.2, 0.25) is 0 Å². The maximum Gasteiger partial charge on any atom is 0.323 e. The van der Waals surface area contributed by atoms with Gasteiger partial charge in [0.15, 0.2) is 5.82 Å². The Kier molecular flexibility index (Phi) is 6.00. The summed E-state index contributed by atoms with van der Waals surface area (Å²) in [6.45, 7) is 5.53. The van der Waals surface area contributed by atoms with Crippen molar-refractivity contribution in [2.75, 3.05) is 44.3 Å². The first kappa shape index (κ1) is 19.9. The summed E-state index contributed by atoms with van der Waals surface area (Å²) in [6, 6.07) is 3.26. The topological polar surface area (TPSA) is 86.8 Å². The van der Waals surface area contributed by atoms with Gasteiger partial charge in [0.05, 0.1) is 17.0 Å². The molecule has 0 radical (unpaired) electrons. The number of anilines is 2. The van der Waals surface area contributed by atoms with Crippen LogP contribution in [0.4, 0.5) is 16.3 Å². The number of nitrogens with zero attached hydrogens (tertiary/aromatic N) is 4. The molecule has 2 fully saturated rings. The van der Waals surface area contributed by atoms with Gasteiger partial charge in [0.25, 0.3) is 0 Å². The van der Waals surface area contributed by atoms with Gasteiger partial charge in [-0.2, -0.15) is 0 Å². The molecule has 2 saturated heterocycles. The number of carbonyl (C=O) groups is 1. The monoisotopic (exact) mass is 380 g/mol. The van der Waals surface area contributed by atoms with Crippen molar-refractivity contribution >= 4 is 29.3 Å². The molecule has 2 aliphatic rings. The minimum Gasteiger partial charge on any atom is -0.396 e. The van der Waals surface area contributed by atoms with E-state index in [9.17, 15) is 4.79 Å². The zero-order valence-corrected chi connectivity index (χ0v) is 16.6. The molecule has 1 aromatic heterocycles. The fourth-order valence-electron chi connectivity index (χ4n) is 3.84. The van der Waals surface area contributed by atoms with Gasteiger partial charge in [0, 0.05) is 25.5 Å². The van der Waals surface area contributed by atoms with Crippen LogP contribution >= 0.6 is 0 Å². The van der Waals surface area contributed by atoms with Gasteiger partial charge in [-0.15, -0.1) is 6.42 Å². The summed E-state index contributed by atoms with van der Waals surface area (Å²) in [6.07, 6.45) is 12.1. The lowest BCUT2D eigenvalue weighted by molar-refractivity contribution is 0.129. The Morgan fingerprint density at radius 2 is 2.07 bits per heavy atom. The average Bonchev–Trinajstić information content (AvgIpc) is 3.11. The molecule has 7 nitrogen and oxygen atoms in total. The molecule has 0 aliphatic carbocycles. The zero-order valence-electron chi connectivity index (χ0n) is 16.6. The molecule has 0 saturated carbocycles. The molecular formula is C21H28N6O. The number of nitrogens with one attached hydrogen (secondary N) is 1. The Labute approximate surface area is 166 Å². The maximum absolute atomic E-state index is 12.8. The third-order valence-electron chi connectivity index (χ3n) is 5.71. The highest BCUT2D eigenvalue weighted by Crippen LogP contribution is 2.40. The van der Waals surface area contributed by atoms with Gasteiger partial charge in [0.1, 0.15) is 0 Å². The second kappa shape index (κ2) is 8.44. The quantitative estimate of drug-likeness (QED) is 0.623. The largest absolute Gasteiger partial charge is 0.396 e. The number of nitrogens with two attached hydrogens (primary N) is 1. The van der Waals surface area contributed by atoms with Crippen LogP contribution in [-0.4, -0.2) is 60.3 Å². The van der Waals surface area contributed by atoms with Crippen LogP contribution in [0.2, 0.25) is 0 Å². The molecule has 2 aliphatic heterocycles. The Balaban J connectivity index is 1.71. The van der Waals surface area contributed by atoms with Crippen LogP contribution in [0.1, 0.15) is 31.9 Å². The minimum atomic E-state index is -0.162. The number of hydrogen-bond donors (Lipinski definition) is 2. The van der Waals surface area contributed by atoms with E-state index in [0.29, 0.717) is 22.8 Å². The predicted octanol–water partition coefficient (Wildman–Crippen LogP) is 2.68. The van der Waals surface area contributed by atoms with Gasteiger partial charge in [-0.3, -0.25) is 10.3 Å². The van der Waals surface area contributed by atoms with E-state index in [4.69, 9.17) is 12.2 Å². The fraction of sp³-hybridized carbons (Fsp3) is 0.476. The summed E-state index contributed by atoms with van der Waals surface area (Å²) in [7, 11) is 2.15. The molecule has 0 aromatic carbocycles. The third-order valence-corrected chi connectivity index (χ3v) is 5.71. The predicted molar refractivity (Wildman–Crippen MR) is 114 cm³/mol. The number of urea groups is 1. The van der Waals surface area contributed by atoms with Crippen molar-refractivity contribution in [2.24, 2.45) is 10.4 Å². The number of pyridine rings is 1. The Morgan fingerprint density at radius 3 is 2.75 bits per heavy atom. The van der Waals surface area contributed by atoms with Crippen LogP contribution in [0.15, 0.2) is 23.3 Å². The van der Waals surface area contributed by atoms with Crippen molar-refractivity contribution in [1.29, 1.82) is 0 Å². The number of aliphatic imine (C=N–C) groups is 1. The SMILES string of the molecule is C#C/C(=C\N=C/C)c1ccc(N)c(NC(=O)N2CCC3(CCN(C)CC3)C2)n1. The van der Waals surface area contributed by atoms with Crippen molar-refractivity contribution in [1.82, 2.24) is 14.8 Å². The third kappa shape index (κ3) is 4.34. The van der Waals surface area contributed by atoms with Crippen LogP contribution in [0.5, 0.6) is 0 Å². The molecule has 3 heterocycles. The lowest BCUT2D eigenvalue weighted by atomic mass is 9.78. The number of aromatic nitrogens is 1. The smallest absolute Gasteiger partial charge is 0.323 e. The number of allylic oxidation sites excluding steroid dienone is 1. The summed E-state index contributed by atoms with van der Waals surface area (Å²) >= 11 is 0. The first-order valence-electron chi connectivity index (χ1n) is 9.62. The van der Waals surface area contributed by atoms with E-state index in [2.05, 4.69) is 33.2 Å². The number of terminal acetylenes is 1. The highest BCUT2D eigenvalue weighted by atomic mass is 16.2. The van der Waals surface area contributed by atoms with E-state index in [-0.39, 0.29) is 11.4 Å². The van der Waals surface area contributed by atoms with E-state index in [0.717, 1.165) is 45.4 Å². The van der Waals surface area contributed by atoms with Crippen molar-refractivity contribution < 1.29 is 4.79 Å². The Morgan fingerprint density at radius 1 is 1.36 bits per heavy atom. The summed E-state index contributed by atoms with van der Waals surface area (Å²) in [5.74, 6) is 2.89. The normalized spacial score (nSPS) is 19.9. The van der Waals surface area contributed by atoms with Crippen molar-refractivity contribution in [3.05, 3.63) is 24.0 Å². The minimum absolute atomic E-state index is 0.162. The Bertz CT molecular complexity index is 830. The van der Waals surface area contributed by atoms with Crippen LogP contribution in [0, 0.1) is 17.8 Å². The number of carbonyl (C=O) groups excluding carboxylic acids is 1. The van der Waals surface area contributed by atoms with Gasteiger partial charge in [-0.05, 0) is 63.9 Å². The van der Waals surface area contributed by atoms with E-state index in [1.807, 2.05) is 4.90 Å². The van der Waals surface area contributed by atoms with Crippen LogP contribution < -0.4 is 11.1 Å². The lowest BCUT2D eigenvalue weighted by Gasteiger charge is -2.37. The molecule has 3 rings (SSSR count). The summed E-state index contributed by atoms with van der Waals surface area (Å²) in [4.78, 5) is 25.5. The van der Waals surface area contributed by atoms with Crippen LogP contribution in [-0.2, 0) is 0 Å². The van der Waals surface area contributed by atoms with E-state index in [1.54, 1.807) is 31.5 Å². The van der Waals surface area contributed by atoms with Crippen molar-refractivity contribution in [2.45, 2.75) is 26.2 Å². The standard InChI is InChI=1S/C21H28N6O/c1-4-16(14-23-5-2)18-7-6-17(22)19(24-18)25-20(28)27-13-10-21(15-27)8-11-26(3)12-9-21/h1,5-7,14H,8-13,15,22H2,2-3H3,(H,24,25,28)/b16-14+,23-5-. The molecule has 1 spiro atoms. The molecule has 1 aromatic rings. The molecule has 148 valence electrons. The highest BCUT2D eigenvalue weighted by Gasteiger charge is 2.41. The van der Waals surface area contributed by atoms with E-state index < -0.39 is 0 Å². The fourth-order valence-corrected chi connectivity index (χ4v) is 3.84. The van der Waals surface area contributed by atoms with Crippen molar-refractivity contribution in [3.8, 4) is 12.3 Å². The average molecular weight is 380 g/mol. The van der Waals surface area contributed by atoms with Gasteiger partial charge in [-0.25, -0.2) is 9.78 Å². The van der Waals surface area contributed by atoms with E-state index >= 15 is 0 Å². The van der Waals surface area contributed by atoms with Crippen LogP contribution in [0.3, 0.4) is 0 Å². The number of amides is 2. The number of nitrogen functional groups attached to an aromatic ring is 1. The maximum atomic E-state index is 12.8. The Hall–Kier alpha value is -2.85. The van der Waals surface area contributed by atoms with Gasteiger partial charge >= 0.3 is 6.03 Å². The van der Waals surface area contributed by atoms with E-state index in [1.165, 1.54) is 0 Å². The lowest BCUT2D eigenvalue weighted by Crippen LogP contribution is -2.41.